The van der Waals surface area contributed by atoms with Gasteiger partial charge in [0.15, 0.2) is 0 Å². The Morgan fingerprint density at radius 3 is 2.43 bits per heavy atom. The standard InChI is InChI=1S/C9H10F3NO/c1-6(5-14)7-2-3-8(13-4-7)9(10,11)12/h2-4,6,14H,5H2,1H3. The Labute approximate surface area is 79.4 Å². The van der Waals surface area contributed by atoms with E-state index >= 15 is 0 Å². The second-order valence-corrected chi connectivity index (χ2v) is 3.06. The Morgan fingerprint density at radius 2 is 2.07 bits per heavy atom. The van der Waals surface area contributed by atoms with Gasteiger partial charge >= 0.3 is 6.18 Å². The van der Waals surface area contributed by atoms with E-state index < -0.39 is 11.9 Å². The summed E-state index contributed by atoms with van der Waals surface area (Å²) in [6.07, 6.45) is -3.26. The second-order valence-electron chi connectivity index (χ2n) is 3.06. The van der Waals surface area contributed by atoms with E-state index in [-0.39, 0.29) is 12.5 Å². The lowest BCUT2D eigenvalue weighted by Gasteiger charge is -2.09. The summed E-state index contributed by atoms with van der Waals surface area (Å²) in [5, 5.41) is 8.77. The Bertz CT molecular complexity index is 294. The molecule has 2 nitrogen and oxygen atoms in total. The van der Waals surface area contributed by atoms with Gasteiger partial charge in [0, 0.05) is 18.7 Å². The molecule has 0 saturated carbocycles. The summed E-state index contributed by atoms with van der Waals surface area (Å²) < 4.78 is 36.3. The average Bonchev–Trinajstić information content (AvgIpc) is 2.15. The van der Waals surface area contributed by atoms with Crippen LogP contribution < -0.4 is 0 Å². The molecule has 1 unspecified atom stereocenters. The number of pyridine rings is 1. The Morgan fingerprint density at radius 1 is 1.43 bits per heavy atom. The number of halogens is 3. The van der Waals surface area contributed by atoms with Gasteiger partial charge in [-0.15, -0.1) is 0 Å². The third-order valence-electron chi connectivity index (χ3n) is 1.92. The fourth-order valence-corrected chi connectivity index (χ4v) is 0.970. The van der Waals surface area contributed by atoms with Crippen LogP contribution in [0.15, 0.2) is 18.3 Å². The lowest BCUT2D eigenvalue weighted by Crippen LogP contribution is -2.08. The molecule has 0 aliphatic heterocycles. The summed E-state index contributed by atoms with van der Waals surface area (Å²) >= 11 is 0. The summed E-state index contributed by atoms with van der Waals surface area (Å²) in [5.74, 6) is -0.190. The number of alkyl halides is 3. The SMILES string of the molecule is CC(CO)c1ccc(C(F)(F)F)nc1. The summed E-state index contributed by atoms with van der Waals surface area (Å²) in [5.41, 5.74) is -0.313. The molecule has 1 heterocycles. The molecule has 0 aliphatic carbocycles. The van der Waals surface area contributed by atoms with E-state index in [0.717, 1.165) is 12.3 Å². The molecule has 1 aromatic rings. The monoisotopic (exact) mass is 205 g/mol. The Balaban J connectivity index is 2.89. The van der Waals surface area contributed by atoms with Crippen molar-refractivity contribution in [1.29, 1.82) is 0 Å². The summed E-state index contributed by atoms with van der Waals surface area (Å²) in [4.78, 5) is 3.28. The summed E-state index contributed by atoms with van der Waals surface area (Å²) in [7, 11) is 0. The van der Waals surface area contributed by atoms with Crippen molar-refractivity contribution in [2.45, 2.75) is 19.0 Å². The van der Waals surface area contributed by atoms with Gasteiger partial charge in [0.25, 0.3) is 0 Å². The van der Waals surface area contributed by atoms with Crippen molar-refractivity contribution >= 4 is 0 Å². The molecule has 0 aliphatic rings. The zero-order chi connectivity index (χ0) is 10.8. The zero-order valence-corrected chi connectivity index (χ0v) is 7.54. The first-order valence-corrected chi connectivity index (χ1v) is 4.09. The lowest BCUT2D eigenvalue weighted by atomic mass is 10.0. The van der Waals surface area contributed by atoms with Crippen molar-refractivity contribution < 1.29 is 18.3 Å². The predicted octanol–water partition coefficient (Wildman–Crippen LogP) is 2.20. The van der Waals surface area contributed by atoms with E-state index in [1.54, 1.807) is 6.92 Å². The highest BCUT2D eigenvalue weighted by molar-refractivity contribution is 5.19. The van der Waals surface area contributed by atoms with Crippen molar-refractivity contribution in [2.75, 3.05) is 6.61 Å². The highest BCUT2D eigenvalue weighted by atomic mass is 19.4. The zero-order valence-electron chi connectivity index (χ0n) is 7.54. The molecule has 0 spiro atoms. The molecule has 1 N–H and O–H groups in total. The minimum Gasteiger partial charge on any atom is -0.396 e. The van der Waals surface area contributed by atoms with Gasteiger partial charge in [-0.2, -0.15) is 13.2 Å². The fourth-order valence-electron chi connectivity index (χ4n) is 0.970. The van der Waals surface area contributed by atoms with Crippen LogP contribution in [0, 0.1) is 0 Å². The molecule has 0 radical (unpaired) electrons. The quantitative estimate of drug-likeness (QED) is 0.802. The first-order valence-electron chi connectivity index (χ1n) is 4.09. The molecule has 0 bridgehead atoms. The minimum atomic E-state index is -4.40. The van der Waals surface area contributed by atoms with Crippen LogP contribution in [0.4, 0.5) is 13.2 Å². The molecule has 1 rings (SSSR count). The number of nitrogens with zero attached hydrogens (tertiary/aromatic N) is 1. The number of rotatable bonds is 2. The van der Waals surface area contributed by atoms with Gasteiger partial charge in [0.05, 0.1) is 0 Å². The van der Waals surface area contributed by atoms with Crippen molar-refractivity contribution in [3.05, 3.63) is 29.6 Å². The van der Waals surface area contributed by atoms with Gasteiger partial charge in [0.2, 0.25) is 0 Å². The van der Waals surface area contributed by atoms with Gasteiger partial charge in [-0.3, -0.25) is 4.98 Å². The molecule has 1 atom stereocenters. The maximum atomic E-state index is 12.1. The fraction of sp³-hybridized carbons (Fsp3) is 0.444. The lowest BCUT2D eigenvalue weighted by molar-refractivity contribution is -0.141. The molecular formula is C9H10F3NO. The van der Waals surface area contributed by atoms with Crippen molar-refractivity contribution in [3.63, 3.8) is 0 Å². The molecule has 0 amide bonds. The third-order valence-corrected chi connectivity index (χ3v) is 1.92. The minimum absolute atomic E-state index is 0.104. The smallest absolute Gasteiger partial charge is 0.396 e. The third kappa shape index (κ3) is 2.45. The highest BCUT2D eigenvalue weighted by Crippen LogP contribution is 2.27. The summed E-state index contributed by atoms with van der Waals surface area (Å²) in [6.45, 7) is 1.61. The molecule has 1 aromatic heterocycles. The van der Waals surface area contributed by atoms with E-state index in [1.807, 2.05) is 0 Å². The molecular weight excluding hydrogens is 195 g/mol. The Hall–Kier alpha value is -1.10. The predicted molar refractivity (Wildman–Crippen MR) is 44.7 cm³/mol. The largest absolute Gasteiger partial charge is 0.433 e. The molecule has 0 fully saturated rings. The molecule has 14 heavy (non-hydrogen) atoms. The number of hydrogen-bond acceptors (Lipinski definition) is 2. The van der Waals surface area contributed by atoms with Crippen LogP contribution in [0.2, 0.25) is 0 Å². The second kappa shape index (κ2) is 3.96. The maximum Gasteiger partial charge on any atom is 0.433 e. The van der Waals surface area contributed by atoms with Gasteiger partial charge in [-0.1, -0.05) is 13.0 Å². The van der Waals surface area contributed by atoms with E-state index in [0.29, 0.717) is 5.56 Å². The summed E-state index contributed by atoms with van der Waals surface area (Å²) in [6, 6.07) is 2.25. The number of aromatic nitrogens is 1. The topological polar surface area (TPSA) is 33.1 Å². The molecule has 5 heteroatoms. The first-order chi connectivity index (χ1) is 6.45. The van der Waals surface area contributed by atoms with Crippen LogP contribution in [0.3, 0.4) is 0 Å². The number of aliphatic hydroxyl groups is 1. The van der Waals surface area contributed by atoms with Crippen LogP contribution in [-0.2, 0) is 6.18 Å². The first kappa shape index (κ1) is 11.0. The van der Waals surface area contributed by atoms with E-state index in [9.17, 15) is 13.2 Å². The molecule has 78 valence electrons. The van der Waals surface area contributed by atoms with Crippen LogP contribution in [0.25, 0.3) is 0 Å². The van der Waals surface area contributed by atoms with E-state index in [1.165, 1.54) is 6.07 Å². The van der Waals surface area contributed by atoms with Crippen molar-refractivity contribution in [2.24, 2.45) is 0 Å². The van der Waals surface area contributed by atoms with Gasteiger partial charge in [-0.25, -0.2) is 0 Å². The van der Waals surface area contributed by atoms with Crippen LogP contribution in [0.5, 0.6) is 0 Å². The van der Waals surface area contributed by atoms with Gasteiger partial charge in [-0.05, 0) is 11.6 Å². The van der Waals surface area contributed by atoms with E-state index in [2.05, 4.69) is 4.98 Å². The van der Waals surface area contributed by atoms with Crippen LogP contribution >= 0.6 is 0 Å². The molecule has 0 saturated heterocycles. The van der Waals surface area contributed by atoms with Crippen LogP contribution in [0.1, 0.15) is 24.1 Å². The van der Waals surface area contributed by atoms with Crippen molar-refractivity contribution in [3.8, 4) is 0 Å². The van der Waals surface area contributed by atoms with Gasteiger partial charge < -0.3 is 5.11 Å². The normalized spacial score (nSPS) is 14.1. The average molecular weight is 205 g/mol. The van der Waals surface area contributed by atoms with Crippen molar-refractivity contribution in [1.82, 2.24) is 4.98 Å². The maximum absolute atomic E-state index is 12.1. The van der Waals surface area contributed by atoms with E-state index in [4.69, 9.17) is 5.11 Å². The van der Waals surface area contributed by atoms with Gasteiger partial charge in [0.1, 0.15) is 5.69 Å². The highest BCUT2D eigenvalue weighted by Gasteiger charge is 2.32. The van der Waals surface area contributed by atoms with Crippen LogP contribution in [-0.4, -0.2) is 16.7 Å². The number of hydrogen-bond donors (Lipinski definition) is 1. The Kier molecular flexibility index (Phi) is 3.10. The molecule has 0 aromatic carbocycles. The number of aliphatic hydroxyl groups excluding tert-OH is 1.